The second kappa shape index (κ2) is 11.3. The van der Waals surface area contributed by atoms with Crippen molar-refractivity contribution in [2.45, 2.75) is 11.1 Å². The van der Waals surface area contributed by atoms with Crippen molar-refractivity contribution in [3.8, 4) is 5.69 Å². The van der Waals surface area contributed by atoms with Gasteiger partial charge in [-0.1, -0.05) is 12.1 Å². The minimum Gasteiger partial charge on any atom is -0.477 e. The molecule has 1 saturated heterocycles. The quantitative estimate of drug-likeness (QED) is 0.192. The lowest BCUT2D eigenvalue weighted by molar-refractivity contribution is -0.139. The van der Waals surface area contributed by atoms with Gasteiger partial charge in [0.15, 0.2) is 0 Å². The number of sulfonamides is 1. The molecule has 0 aliphatic carbocycles. The molecule has 5 rings (SSSR count). The minimum atomic E-state index is -4.94. The number of piperazine rings is 1. The number of aromatic nitrogens is 1. The molecule has 16 heteroatoms. The van der Waals surface area contributed by atoms with E-state index in [1.807, 2.05) is 0 Å². The van der Waals surface area contributed by atoms with Gasteiger partial charge in [-0.05, 0) is 48.5 Å². The molecule has 1 aromatic heterocycles. The van der Waals surface area contributed by atoms with E-state index in [-0.39, 0.29) is 42.8 Å². The molecule has 1 aliphatic heterocycles. The number of guanidine groups is 1. The van der Waals surface area contributed by atoms with Gasteiger partial charge >= 0.3 is 12.1 Å². The van der Waals surface area contributed by atoms with Crippen LogP contribution in [0.25, 0.3) is 16.6 Å². The number of nitrogens with zero attached hydrogens (tertiary/aromatic N) is 4. The van der Waals surface area contributed by atoms with Crippen LogP contribution >= 0.6 is 0 Å². The average Bonchev–Trinajstić information content (AvgIpc) is 2.97. The molecule has 3 aromatic carbocycles. The average molecular weight is 636 g/mol. The number of carbonyl (C=O) groups is 1. The number of nitrogens with two attached hydrogens (primary N) is 1. The van der Waals surface area contributed by atoms with Crippen molar-refractivity contribution in [3.05, 3.63) is 99.8 Å². The van der Waals surface area contributed by atoms with Gasteiger partial charge in [0.2, 0.25) is 11.4 Å². The van der Waals surface area contributed by atoms with E-state index < -0.39 is 61.2 Å². The maximum absolute atomic E-state index is 15.4. The van der Waals surface area contributed by atoms with Crippen LogP contribution in [-0.2, 0) is 16.2 Å². The highest BCUT2D eigenvalue weighted by Gasteiger charge is 2.37. The van der Waals surface area contributed by atoms with Crippen LogP contribution in [0.3, 0.4) is 0 Å². The zero-order valence-electron chi connectivity index (χ0n) is 22.4. The molecule has 3 N–H and O–H groups in total. The molecule has 0 bridgehead atoms. The van der Waals surface area contributed by atoms with Gasteiger partial charge in [0.25, 0.3) is 10.0 Å². The molecule has 1 fully saturated rings. The number of hydrogen-bond donors (Lipinski definition) is 2. The molecule has 0 spiro atoms. The van der Waals surface area contributed by atoms with Crippen LogP contribution in [0.1, 0.15) is 15.9 Å². The summed E-state index contributed by atoms with van der Waals surface area (Å²) >= 11 is 0. The van der Waals surface area contributed by atoms with E-state index in [4.69, 9.17) is 5.73 Å². The molecule has 10 nitrogen and oxygen atoms in total. The third kappa shape index (κ3) is 5.79. The monoisotopic (exact) mass is 635 g/mol. The van der Waals surface area contributed by atoms with E-state index in [1.54, 1.807) is 4.90 Å². The first-order chi connectivity index (χ1) is 20.7. The van der Waals surface area contributed by atoms with Gasteiger partial charge in [-0.15, -0.1) is 4.40 Å². The SMILES string of the molecule is N/C(=N\S(=O)(=O)c1ccccc1C(F)(F)F)N1CCN(c2cc3c(cc2F)c(=O)c(C(=O)O)cn3-c2ccc(F)cc2)CC1. The molecule has 44 heavy (non-hydrogen) atoms. The maximum Gasteiger partial charge on any atom is 0.417 e. The predicted molar refractivity (Wildman–Crippen MR) is 150 cm³/mol. The number of fused-ring (bicyclic) bond motifs is 1. The van der Waals surface area contributed by atoms with Crippen LogP contribution in [0.5, 0.6) is 0 Å². The van der Waals surface area contributed by atoms with Crippen molar-refractivity contribution >= 4 is 38.5 Å². The molecular formula is C28H22F5N5O5S. The summed E-state index contributed by atoms with van der Waals surface area (Å²) in [5.74, 6) is -3.48. The number of benzene rings is 3. The number of pyridine rings is 1. The first kappa shape index (κ1) is 30.5. The topological polar surface area (TPSA) is 138 Å². The summed E-state index contributed by atoms with van der Waals surface area (Å²) < 4.78 is 99.2. The van der Waals surface area contributed by atoms with Gasteiger partial charge in [-0.25, -0.2) is 13.6 Å². The van der Waals surface area contributed by atoms with Crippen molar-refractivity contribution in [2.75, 3.05) is 31.1 Å². The summed E-state index contributed by atoms with van der Waals surface area (Å²) in [4.78, 5) is 26.4. The molecule has 4 aromatic rings. The van der Waals surface area contributed by atoms with Crippen molar-refractivity contribution < 1.29 is 40.3 Å². The Balaban J connectivity index is 1.45. The highest BCUT2D eigenvalue weighted by atomic mass is 32.2. The number of carboxylic acids is 1. The summed E-state index contributed by atoms with van der Waals surface area (Å²) in [6.07, 6.45) is -3.88. The smallest absolute Gasteiger partial charge is 0.417 e. The standard InChI is InChI=1S/C28H22F5N5O5S/c29-16-5-7-17(8-6-16)38-15-19(26(40)41)25(39)18-13-21(30)23(14-22(18)38)36-9-11-37(12-10-36)27(34)35-44(42,43)24-4-2-1-3-20(24)28(31,32)33/h1-8,13-15H,9-12H2,(H2,34,35)(H,40,41). The predicted octanol–water partition coefficient (Wildman–Crippen LogP) is 3.81. The lowest BCUT2D eigenvalue weighted by atomic mass is 10.1. The van der Waals surface area contributed by atoms with Crippen LogP contribution in [0.2, 0.25) is 0 Å². The van der Waals surface area contributed by atoms with Crippen LogP contribution < -0.4 is 16.1 Å². The molecule has 2 heterocycles. The third-order valence-electron chi connectivity index (χ3n) is 7.04. The number of carboxylic acid groups (broad SMARTS) is 1. The van der Waals surface area contributed by atoms with E-state index >= 15 is 4.39 Å². The molecule has 230 valence electrons. The fourth-order valence-corrected chi connectivity index (χ4v) is 6.05. The van der Waals surface area contributed by atoms with Gasteiger partial charge in [-0.2, -0.15) is 21.6 Å². The van der Waals surface area contributed by atoms with Crippen molar-refractivity contribution in [3.63, 3.8) is 0 Å². The highest BCUT2D eigenvalue weighted by molar-refractivity contribution is 7.90. The molecule has 1 aliphatic rings. The Hall–Kier alpha value is -4.99. The van der Waals surface area contributed by atoms with Crippen LogP contribution in [0.4, 0.5) is 27.6 Å². The Morgan fingerprint density at radius 2 is 1.59 bits per heavy atom. The Bertz CT molecular complexity index is 1970. The number of hydrogen-bond acceptors (Lipinski definition) is 5. The van der Waals surface area contributed by atoms with Crippen molar-refractivity contribution in [2.24, 2.45) is 10.1 Å². The fraction of sp³-hybridized carbons (Fsp3) is 0.179. The number of halogens is 5. The van der Waals surface area contributed by atoms with E-state index in [2.05, 4.69) is 4.40 Å². The summed E-state index contributed by atoms with van der Waals surface area (Å²) in [5, 5.41) is 9.31. The Kier molecular flexibility index (Phi) is 7.79. The van der Waals surface area contributed by atoms with Crippen LogP contribution in [0, 0.1) is 11.6 Å². The Morgan fingerprint density at radius 3 is 2.20 bits per heavy atom. The van der Waals surface area contributed by atoms with E-state index in [0.29, 0.717) is 11.8 Å². The van der Waals surface area contributed by atoms with Gasteiger partial charge in [-0.3, -0.25) is 4.79 Å². The van der Waals surface area contributed by atoms with E-state index in [9.17, 15) is 40.7 Å². The normalized spacial score (nSPS) is 14.7. The van der Waals surface area contributed by atoms with E-state index in [1.165, 1.54) is 27.7 Å². The number of rotatable bonds is 5. The fourth-order valence-electron chi connectivity index (χ4n) is 4.88. The first-order valence-corrected chi connectivity index (χ1v) is 14.3. The molecule has 0 saturated carbocycles. The lowest BCUT2D eigenvalue weighted by Gasteiger charge is -2.36. The summed E-state index contributed by atoms with van der Waals surface area (Å²) in [6, 6.07) is 10.8. The second-order valence-corrected chi connectivity index (χ2v) is 11.3. The zero-order chi connectivity index (χ0) is 32.0. The molecule has 0 amide bonds. The Morgan fingerprint density at radius 1 is 0.955 bits per heavy atom. The zero-order valence-corrected chi connectivity index (χ0v) is 23.2. The van der Waals surface area contributed by atoms with Gasteiger partial charge in [0.1, 0.15) is 22.1 Å². The van der Waals surface area contributed by atoms with Gasteiger partial charge in [0.05, 0.1) is 16.8 Å². The highest BCUT2D eigenvalue weighted by Crippen LogP contribution is 2.35. The van der Waals surface area contributed by atoms with Crippen molar-refractivity contribution in [1.82, 2.24) is 9.47 Å². The molecule has 0 atom stereocenters. The first-order valence-electron chi connectivity index (χ1n) is 12.8. The summed E-state index contributed by atoms with van der Waals surface area (Å²) in [7, 11) is -4.84. The second-order valence-electron chi connectivity index (χ2n) is 9.74. The number of aromatic carboxylic acids is 1. The molecular weight excluding hydrogens is 613 g/mol. The van der Waals surface area contributed by atoms with E-state index in [0.717, 1.165) is 42.6 Å². The largest absolute Gasteiger partial charge is 0.477 e. The maximum atomic E-state index is 15.4. The number of anilines is 1. The lowest BCUT2D eigenvalue weighted by Crippen LogP contribution is -2.51. The number of alkyl halides is 3. The van der Waals surface area contributed by atoms with Crippen LogP contribution in [0.15, 0.2) is 80.9 Å². The van der Waals surface area contributed by atoms with Gasteiger partial charge in [0, 0.05) is 43.4 Å². The van der Waals surface area contributed by atoms with Gasteiger partial charge < -0.3 is 25.2 Å². The van der Waals surface area contributed by atoms with Crippen molar-refractivity contribution in [1.29, 1.82) is 0 Å². The summed E-state index contributed by atoms with van der Waals surface area (Å²) in [6.45, 7) is 0.135. The summed E-state index contributed by atoms with van der Waals surface area (Å²) in [5.41, 5.74) is 3.42. The van der Waals surface area contributed by atoms with Crippen LogP contribution in [-0.4, -0.2) is 61.1 Å². The minimum absolute atomic E-state index is 0.00592. The molecule has 0 radical (unpaired) electrons. The Labute approximate surface area is 246 Å². The third-order valence-corrected chi connectivity index (χ3v) is 8.37. The molecule has 0 unspecified atom stereocenters.